The average Bonchev–Trinajstić information content (AvgIpc) is 2.43. The van der Waals surface area contributed by atoms with Gasteiger partial charge in [0.2, 0.25) is 10.0 Å². The smallest absolute Gasteiger partial charge is 0.240 e. The molecule has 1 aromatic rings. The van der Waals surface area contributed by atoms with E-state index in [1.807, 2.05) is 6.92 Å². The third-order valence-corrected chi connectivity index (χ3v) is 4.43. The summed E-state index contributed by atoms with van der Waals surface area (Å²) >= 11 is 0. The Morgan fingerprint density at radius 1 is 1.30 bits per heavy atom. The zero-order valence-corrected chi connectivity index (χ0v) is 12.7. The molecular weight excluding hydrogens is 274 g/mol. The van der Waals surface area contributed by atoms with Gasteiger partial charge < -0.3 is 5.11 Å². The molecule has 110 valence electrons. The summed E-state index contributed by atoms with van der Waals surface area (Å²) in [4.78, 5) is 0.232. The van der Waals surface area contributed by atoms with Crippen molar-refractivity contribution < 1.29 is 13.5 Å². The largest absolute Gasteiger partial charge is 0.384 e. The van der Waals surface area contributed by atoms with Crippen molar-refractivity contribution in [3.8, 4) is 11.8 Å². The van der Waals surface area contributed by atoms with Gasteiger partial charge in [-0.05, 0) is 37.6 Å². The van der Waals surface area contributed by atoms with Crippen molar-refractivity contribution in [2.45, 2.75) is 44.0 Å². The predicted octanol–water partition coefficient (Wildman–Crippen LogP) is 1.89. The molecule has 0 saturated heterocycles. The van der Waals surface area contributed by atoms with Gasteiger partial charge in [0.1, 0.15) is 6.61 Å². The number of hydrogen-bond acceptors (Lipinski definition) is 3. The number of sulfonamides is 1. The van der Waals surface area contributed by atoms with E-state index < -0.39 is 10.0 Å². The summed E-state index contributed by atoms with van der Waals surface area (Å²) in [6.45, 7) is 3.73. The number of rotatable bonds is 6. The van der Waals surface area contributed by atoms with Crippen LogP contribution in [0.2, 0.25) is 0 Å². The molecule has 0 aromatic heterocycles. The van der Waals surface area contributed by atoms with Crippen molar-refractivity contribution in [3.63, 3.8) is 0 Å². The molecule has 1 rings (SSSR count). The van der Waals surface area contributed by atoms with Crippen LogP contribution in [0, 0.1) is 11.8 Å². The number of nitrogens with one attached hydrogen (secondary N) is 1. The minimum atomic E-state index is -3.47. The van der Waals surface area contributed by atoms with Crippen LogP contribution in [-0.4, -0.2) is 26.2 Å². The maximum Gasteiger partial charge on any atom is 0.240 e. The summed E-state index contributed by atoms with van der Waals surface area (Å²) in [6.07, 6.45) is 2.87. The van der Waals surface area contributed by atoms with Crippen molar-refractivity contribution in [2.75, 3.05) is 6.61 Å². The number of aliphatic hydroxyl groups is 1. The Morgan fingerprint density at radius 3 is 2.50 bits per heavy atom. The van der Waals surface area contributed by atoms with Gasteiger partial charge in [0.05, 0.1) is 4.90 Å². The number of unbranched alkanes of at least 4 members (excludes halogenated alkanes) is 1. The van der Waals surface area contributed by atoms with Crippen LogP contribution in [0.4, 0.5) is 0 Å². The van der Waals surface area contributed by atoms with Gasteiger partial charge >= 0.3 is 0 Å². The standard InChI is InChI=1S/C15H21NO3S/c1-3-4-6-13(2)16-20(18,19)15-10-8-14(9-11-15)7-5-12-17/h8-11,13,16-17H,3-4,6,12H2,1-2H3. The van der Waals surface area contributed by atoms with Gasteiger partial charge in [-0.1, -0.05) is 31.6 Å². The summed E-state index contributed by atoms with van der Waals surface area (Å²) < 4.78 is 27.0. The van der Waals surface area contributed by atoms with E-state index in [4.69, 9.17) is 5.11 Å². The highest BCUT2D eigenvalue weighted by molar-refractivity contribution is 7.89. The topological polar surface area (TPSA) is 66.4 Å². The van der Waals surface area contributed by atoms with Crippen LogP contribution in [0.1, 0.15) is 38.7 Å². The molecule has 1 aromatic carbocycles. The van der Waals surface area contributed by atoms with Crippen LogP contribution >= 0.6 is 0 Å². The molecule has 2 N–H and O–H groups in total. The second-order valence-electron chi connectivity index (χ2n) is 4.65. The Balaban J connectivity index is 2.77. The number of aliphatic hydroxyl groups excluding tert-OH is 1. The second kappa shape index (κ2) is 8.05. The molecule has 0 amide bonds. The van der Waals surface area contributed by atoms with E-state index in [9.17, 15) is 8.42 Å². The minimum Gasteiger partial charge on any atom is -0.384 e. The van der Waals surface area contributed by atoms with E-state index in [-0.39, 0.29) is 17.5 Å². The summed E-state index contributed by atoms with van der Waals surface area (Å²) in [6, 6.07) is 6.24. The SMILES string of the molecule is CCCCC(C)NS(=O)(=O)c1ccc(C#CCO)cc1. The van der Waals surface area contributed by atoms with Crippen LogP contribution in [0.15, 0.2) is 29.2 Å². The second-order valence-corrected chi connectivity index (χ2v) is 6.36. The molecular formula is C15H21NO3S. The van der Waals surface area contributed by atoms with Crippen molar-refractivity contribution in [3.05, 3.63) is 29.8 Å². The third kappa shape index (κ3) is 5.33. The first kappa shape index (κ1) is 16.7. The monoisotopic (exact) mass is 295 g/mol. The van der Waals surface area contributed by atoms with Gasteiger partial charge in [-0.3, -0.25) is 0 Å². The molecule has 20 heavy (non-hydrogen) atoms. The van der Waals surface area contributed by atoms with Crippen LogP contribution < -0.4 is 4.72 Å². The Bertz CT molecular complexity index is 567. The first-order valence-electron chi connectivity index (χ1n) is 6.71. The summed E-state index contributed by atoms with van der Waals surface area (Å²) in [5.74, 6) is 5.25. The summed E-state index contributed by atoms with van der Waals surface area (Å²) in [5, 5.41) is 8.60. The van der Waals surface area contributed by atoms with Gasteiger partial charge in [-0.15, -0.1) is 0 Å². The van der Waals surface area contributed by atoms with Gasteiger partial charge in [0, 0.05) is 11.6 Å². The lowest BCUT2D eigenvalue weighted by molar-refractivity contribution is 0.350. The Morgan fingerprint density at radius 2 is 1.95 bits per heavy atom. The highest BCUT2D eigenvalue weighted by atomic mass is 32.2. The van der Waals surface area contributed by atoms with E-state index >= 15 is 0 Å². The number of benzene rings is 1. The van der Waals surface area contributed by atoms with Crippen LogP contribution in [0.5, 0.6) is 0 Å². The Kier molecular flexibility index (Phi) is 6.73. The normalized spacial score (nSPS) is 12.6. The molecule has 1 unspecified atom stereocenters. The van der Waals surface area contributed by atoms with Gasteiger partial charge in [0.15, 0.2) is 0 Å². The van der Waals surface area contributed by atoms with Crippen molar-refractivity contribution in [2.24, 2.45) is 0 Å². The first-order chi connectivity index (χ1) is 9.49. The maximum absolute atomic E-state index is 12.1. The molecule has 5 heteroatoms. The molecule has 0 aliphatic heterocycles. The van der Waals surface area contributed by atoms with E-state index in [0.717, 1.165) is 19.3 Å². The Hall–Kier alpha value is -1.35. The van der Waals surface area contributed by atoms with E-state index in [1.54, 1.807) is 12.1 Å². The summed E-state index contributed by atoms with van der Waals surface area (Å²) in [7, 11) is -3.47. The molecule has 0 aliphatic carbocycles. The quantitative estimate of drug-likeness (QED) is 0.788. The molecule has 0 spiro atoms. The predicted molar refractivity (Wildman–Crippen MR) is 79.7 cm³/mol. The molecule has 1 atom stereocenters. The van der Waals surface area contributed by atoms with Gasteiger partial charge in [-0.25, -0.2) is 13.1 Å². The van der Waals surface area contributed by atoms with E-state index in [0.29, 0.717) is 5.56 Å². The fraction of sp³-hybridized carbons (Fsp3) is 0.467. The molecule has 0 saturated carbocycles. The van der Waals surface area contributed by atoms with Crippen molar-refractivity contribution in [1.29, 1.82) is 0 Å². The van der Waals surface area contributed by atoms with Crippen molar-refractivity contribution >= 4 is 10.0 Å². The zero-order chi connectivity index (χ0) is 15.0. The van der Waals surface area contributed by atoms with Crippen LogP contribution in [-0.2, 0) is 10.0 Å². The highest BCUT2D eigenvalue weighted by Crippen LogP contribution is 2.12. The molecule has 0 radical (unpaired) electrons. The third-order valence-electron chi connectivity index (χ3n) is 2.82. The molecule has 0 fully saturated rings. The lowest BCUT2D eigenvalue weighted by Crippen LogP contribution is -2.32. The molecule has 0 aliphatic rings. The maximum atomic E-state index is 12.1. The Labute approximate surface area is 121 Å². The zero-order valence-electron chi connectivity index (χ0n) is 11.9. The lowest BCUT2D eigenvalue weighted by Gasteiger charge is -2.13. The number of hydrogen-bond donors (Lipinski definition) is 2. The van der Waals surface area contributed by atoms with Gasteiger partial charge in [-0.2, -0.15) is 0 Å². The average molecular weight is 295 g/mol. The minimum absolute atomic E-state index is 0.0752. The fourth-order valence-electron chi connectivity index (χ4n) is 1.76. The van der Waals surface area contributed by atoms with Crippen LogP contribution in [0.3, 0.4) is 0 Å². The lowest BCUT2D eigenvalue weighted by atomic mass is 10.2. The van der Waals surface area contributed by atoms with Gasteiger partial charge in [0.25, 0.3) is 0 Å². The van der Waals surface area contributed by atoms with E-state index in [2.05, 4.69) is 23.5 Å². The van der Waals surface area contributed by atoms with Crippen LogP contribution in [0.25, 0.3) is 0 Å². The first-order valence-corrected chi connectivity index (χ1v) is 8.20. The molecule has 0 heterocycles. The molecule has 0 bridgehead atoms. The molecule has 4 nitrogen and oxygen atoms in total. The van der Waals surface area contributed by atoms with Crippen molar-refractivity contribution in [1.82, 2.24) is 4.72 Å². The van der Waals surface area contributed by atoms with E-state index in [1.165, 1.54) is 12.1 Å². The summed E-state index contributed by atoms with van der Waals surface area (Å²) in [5.41, 5.74) is 0.678. The highest BCUT2D eigenvalue weighted by Gasteiger charge is 2.16. The fourth-order valence-corrected chi connectivity index (χ4v) is 3.04.